The van der Waals surface area contributed by atoms with Gasteiger partial charge in [0.15, 0.2) is 0 Å². The topological polar surface area (TPSA) is 0 Å². The number of hydrogen-bond acceptors (Lipinski definition) is 0. The van der Waals surface area contributed by atoms with E-state index < -0.39 is 0 Å². The van der Waals surface area contributed by atoms with E-state index in [1.165, 1.54) is 38.5 Å². The maximum Gasteiger partial charge on any atom is -0.0414 e. The second-order valence-corrected chi connectivity index (χ2v) is 6.78. The van der Waals surface area contributed by atoms with Crippen LogP contribution in [0, 0.1) is 23.7 Å². The molecule has 0 aliphatic heterocycles. The molecule has 0 amide bonds. The van der Waals surface area contributed by atoms with Gasteiger partial charge in [-0.25, -0.2) is 0 Å². The Morgan fingerprint density at radius 2 is 0.688 bits per heavy atom. The third-order valence-corrected chi connectivity index (χ3v) is 3.46. The third-order valence-electron chi connectivity index (χ3n) is 3.46. The van der Waals surface area contributed by atoms with Gasteiger partial charge in [0.2, 0.25) is 0 Å². The minimum atomic E-state index is 0.876. The molecule has 0 bridgehead atoms. The van der Waals surface area contributed by atoms with Crippen LogP contribution in [0.5, 0.6) is 0 Å². The highest BCUT2D eigenvalue weighted by atomic mass is 14.2. The summed E-state index contributed by atoms with van der Waals surface area (Å²) in [6.45, 7) is 14.1. The molecular formula is C16H34. The van der Waals surface area contributed by atoms with Crippen LogP contribution in [0.1, 0.15) is 80.1 Å². The van der Waals surface area contributed by atoms with Crippen molar-refractivity contribution in [1.82, 2.24) is 0 Å². The molecule has 0 heterocycles. The second-order valence-electron chi connectivity index (χ2n) is 6.78. The molecule has 0 rings (SSSR count). The predicted molar refractivity (Wildman–Crippen MR) is 75.7 cm³/mol. The molecule has 0 aromatic heterocycles. The van der Waals surface area contributed by atoms with Crippen LogP contribution in [-0.4, -0.2) is 0 Å². The molecule has 0 atom stereocenters. The molecule has 0 saturated heterocycles. The van der Waals surface area contributed by atoms with E-state index in [1.54, 1.807) is 0 Å². The van der Waals surface area contributed by atoms with Crippen LogP contribution in [-0.2, 0) is 0 Å². The molecule has 0 spiro atoms. The first-order valence-corrected chi connectivity index (χ1v) is 7.41. The van der Waals surface area contributed by atoms with Crippen molar-refractivity contribution >= 4 is 0 Å². The highest BCUT2D eigenvalue weighted by Gasteiger charge is 2.11. The summed E-state index contributed by atoms with van der Waals surface area (Å²) in [7, 11) is 0. The molecule has 0 radical (unpaired) electrons. The van der Waals surface area contributed by atoms with Crippen molar-refractivity contribution in [1.29, 1.82) is 0 Å². The van der Waals surface area contributed by atoms with E-state index in [0.29, 0.717) is 0 Å². The molecule has 0 aromatic rings. The zero-order chi connectivity index (χ0) is 12.6. The Labute approximate surface area is 104 Å². The van der Waals surface area contributed by atoms with E-state index in [1.807, 2.05) is 0 Å². The van der Waals surface area contributed by atoms with Crippen molar-refractivity contribution in [2.45, 2.75) is 80.1 Å². The highest BCUT2D eigenvalue weighted by Crippen LogP contribution is 2.25. The fourth-order valence-electron chi connectivity index (χ4n) is 2.14. The minimum absolute atomic E-state index is 0.876. The van der Waals surface area contributed by atoms with Gasteiger partial charge in [0.25, 0.3) is 0 Å². The Bertz CT molecular complexity index is 116. The summed E-state index contributed by atoms with van der Waals surface area (Å²) in [5.74, 6) is 3.62. The fourth-order valence-corrected chi connectivity index (χ4v) is 2.14. The maximum atomic E-state index is 2.35. The van der Waals surface area contributed by atoms with Crippen LogP contribution >= 0.6 is 0 Å². The predicted octanol–water partition coefficient (Wildman–Crippen LogP) is 5.91. The first kappa shape index (κ1) is 16.0. The third kappa shape index (κ3) is 10.5. The van der Waals surface area contributed by atoms with E-state index in [2.05, 4.69) is 41.5 Å². The van der Waals surface area contributed by atoms with Gasteiger partial charge in [-0.05, 0) is 23.7 Å². The van der Waals surface area contributed by atoms with E-state index in [0.717, 1.165) is 23.7 Å². The van der Waals surface area contributed by atoms with Gasteiger partial charge in [0, 0.05) is 0 Å². The first-order chi connectivity index (χ1) is 7.41. The lowest BCUT2D eigenvalue weighted by Crippen LogP contribution is -2.06. The van der Waals surface area contributed by atoms with Gasteiger partial charge in [-0.1, -0.05) is 80.1 Å². The molecule has 16 heavy (non-hydrogen) atoms. The molecule has 0 aliphatic rings. The monoisotopic (exact) mass is 226 g/mol. The SMILES string of the molecule is CC(C)CCC(CCC(C)C)CCC(C)C. The van der Waals surface area contributed by atoms with Crippen molar-refractivity contribution in [3.05, 3.63) is 0 Å². The lowest BCUT2D eigenvalue weighted by molar-refractivity contribution is 0.329. The molecule has 0 saturated carbocycles. The van der Waals surface area contributed by atoms with Crippen molar-refractivity contribution in [2.75, 3.05) is 0 Å². The summed E-state index contributed by atoms with van der Waals surface area (Å²) in [6, 6.07) is 0. The summed E-state index contributed by atoms with van der Waals surface area (Å²) in [4.78, 5) is 0. The number of rotatable bonds is 9. The molecular weight excluding hydrogens is 192 g/mol. The van der Waals surface area contributed by atoms with Crippen LogP contribution in [0.25, 0.3) is 0 Å². The van der Waals surface area contributed by atoms with Crippen LogP contribution < -0.4 is 0 Å². The zero-order valence-electron chi connectivity index (χ0n) is 12.6. The Hall–Kier alpha value is 0. The maximum absolute atomic E-state index is 2.35. The molecule has 0 aromatic carbocycles. The minimum Gasteiger partial charge on any atom is -0.0628 e. The van der Waals surface area contributed by atoms with Crippen molar-refractivity contribution in [3.8, 4) is 0 Å². The van der Waals surface area contributed by atoms with Crippen molar-refractivity contribution in [3.63, 3.8) is 0 Å². The standard InChI is InChI=1S/C16H34/c1-13(2)7-10-16(11-8-14(3)4)12-9-15(5)6/h13-16H,7-12H2,1-6H3. The van der Waals surface area contributed by atoms with Gasteiger partial charge in [0.05, 0.1) is 0 Å². The van der Waals surface area contributed by atoms with Gasteiger partial charge in [0.1, 0.15) is 0 Å². The van der Waals surface area contributed by atoms with Crippen molar-refractivity contribution < 1.29 is 0 Å². The fraction of sp³-hybridized carbons (Fsp3) is 1.00. The van der Waals surface area contributed by atoms with E-state index >= 15 is 0 Å². The quantitative estimate of drug-likeness (QED) is 0.458. The van der Waals surface area contributed by atoms with Gasteiger partial charge in [-0.15, -0.1) is 0 Å². The summed E-state index contributed by atoms with van der Waals surface area (Å²) >= 11 is 0. The average Bonchev–Trinajstić information content (AvgIpc) is 2.15. The Kier molecular flexibility index (Phi) is 9.07. The Morgan fingerprint density at radius 3 is 0.875 bits per heavy atom. The highest BCUT2D eigenvalue weighted by molar-refractivity contribution is 4.64. The summed E-state index contributed by atoms with van der Waals surface area (Å²) < 4.78 is 0. The molecule has 0 N–H and O–H groups in total. The largest absolute Gasteiger partial charge is 0.0628 e. The van der Waals surface area contributed by atoms with Crippen LogP contribution in [0.2, 0.25) is 0 Å². The molecule has 98 valence electrons. The Balaban J connectivity index is 3.85. The van der Waals surface area contributed by atoms with Crippen molar-refractivity contribution in [2.24, 2.45) is 23.7 Å². The Morgan fingerprint density at radius 1 is 0.438 bits per heavy atom. The summed E-state index contributed by atoms with van der Waals surface area (Å²) in [6.07, 6.45) is 8.62. The van der Waals surface area contributed by atoms with Gasteiger partial charge in [-0.3, -0.25) is 0 Å². The van der Waals surface area contributed by atoms with Gasteiger partial charge < -0.3 is 0 Å². The summed E-state index contributed by atoms with van der Waals surface area (Å²) in [5.41, 5.74) is 0. The first-order valence-electron chi connectivity index (χ1n) is 7.41. The molecule has 0 unspecified atom stereocenters. The smallest absolute Gasteiger partial charge is 0.0414 e. The summed E-state index contributed by atoms with van der Waals surface area (Å²) in [5, 5.41) is 0. The number of hydrogen-bond donors (Lipinski definition) is 0. The normalized spacial score (nSPS) is 12.4. The van der Waals surface area contributed by atoms with Crippen LogP contribution in [0.4, 0.5) is 0 Å². The van der Waals surface area contributed by atoms with Gasteiger partial charge >= 0.3 is 0 Å². The molecule has 0 fully saturated rings. The van der Waals surface area contributed by atoms with E-state index in [-0.39, 0.29) is 0 Å². The van der Waals surface area contributed by atoms with E-state index in [4.69, 9.17) is 0 Å². The molecule has 0 heteroatoms. The molecule has 0 nitrogen and oxygen atoms in total. The molecule has 0 aliphatic carbocycles. The van der Waals surface area contributed by atoms with Crippen LogP contribution in [0.15, 0.2) is 0 Å². The van der Waals surface area contributed by atoms with E-state index in [9.17, 15) is 0 Å². The lowest BCUT2D eigenvalue weighted by Gasteiger charge is -2.20. The second kappa shape index (κ2) is 9.07. The van der Waals surface area contributed by atoms with Crippen LogP contribution in [0.3, 0.4) is 0 Å². The van der Waals surface area contributed by atoms with Gasteiger partial charge in [-0.2, -0.15) is 0 Å². The zero-order valence-corrected chi connectivity index (χ0v) is 12.6. The lowest BCUT2D eigenvalue weighted by atomic mass is 9.86. The average molecular weight is 226 g/mol.